The molecule has 0 aliphatic carbocycles. The summed E-state index contributed by atoms with van der Waals surface area (Å²) < 4.78 is 55.2. The van der Waals surface area contributed by atoms with Crippen molar-refractivity contribution in [2.75, 3.05) is 4.31 Å². The molecule has 0 fully saturated rings. The van der Waals surface area contributed by atoms with Gasteiger partial charge in [0.1, 0.15) is 18.0 Å². The molecule has 0 amide bonds. The van der Waals surface area contributed by atoms with Crippen LogP contribution < -0.4 is 13.8 Å². The Morgan fingerprint density at radius 1 is 1.15 bits per heavy atom. The number of hydrogen-bond donors (Lipinski definition) is 2. The van der Waals surface area contributed by atoms with Crippen molar-refractivity contribution in [1.29, 1.82) is 0 Å². The number of carbonyl (C=O) groups is 1. The number of nitrogens with one attached hydrogen (secondary N) is 1. The Balaban J connectivity index is 1.70. The van der Waals surface area contributed by atoms with E-state index in [1.165, 1.54) is 0 Å². The van der Waals surface area contributed by atoms with Crippen LogP contribution in [0.25, 0.3) is 16.8 Å². The topological polar surface area (TPSA) is 105 Å². The van der Waals surface area contributed by atoms with Crippen molar-refractivity contribution in [2.24, 2.45) is 5.41 Å². The van der Waals surface area contributed by atoms with Gasteiger partial charge in [-0.25, -0.2) is 13.4 Å². The van der Waals surface area contributed by atoms with Crippen LogP contribution in [-0.2, 0) is 26.3 Å². The Labute approximate surface area is 227 Å². The van der Waals surface area contributed by atoms with E-state index in [1.54, 1.807) is 58.0 Å². The lowest BCUT2D eigenvalue weighted by Gasteiger charge is -2.22. The third kappa shape index (κ3) is 6.34. The minimum atomic E-state index is -4.28. The number of carbonyl (C=O) groups excluding carboxylic acids is 1. The zero-order valence-corrected chi connectivity index (χ0v) is 23.0. The van der Waals surface area contributed by atoms with Gasteiger partial charge < -0.3 is 14.6 Å². The molecular weight excluding hydrogens is 523 g/mol. The second kappa shape index (κ2) is 11.0. The third-order valence-corrected chi connectivity index (χ3v) is 7.34. The molecule has 1 aliphatic heterocycles. The molecule has 1 heterocycles. The molecule has 0 bridgehead atoms. The molecule has 0 saturated carbocycles. The lowest BCUT2D eigenvalue weighted by molar-refractivity contribution is -0.157. The van der Waals surface area contributed by atoms with E-state index in [9.17, 15) is 18.3 Å². The average Bonchev–Trinajstić information content (AvgIpc) is 3.14. The quantitative estimate of drug-likeness (QED) is 0.317. The molecule has 0 atom stereocenters. The van der Waals surface area contributed by atoms with Crippen LogP contribution >= 0.6 is 0 Å². The van der Waals surface area contributed by atoms with Crippen molar-refractivity contribution < 1.29 is 32.2 Å². The summed E-state index contributed by atoms with van der Waals surface area (Å²) in [5, 5.41) is 10.5. The predicted octanol–water partition coefficient (Wildman–Crippen LogP) is 5.95. The highest BCUT2D eigenvalue weighted by Crippen LogP contribution is 2.40. The maximum atomic E-state index is 16.1. The molecular formula is C29H31FN2O6S. The summed E-state index contributed by atoms with van der Waals surface area (Å²) in [5.41, 5.74) is 0.366. The minimum absolute atomic E-state index is 0.00566. The lowest BCUT2D eigenvalue weighted by Crippen LogP contribution is -2.30. The van der Waals surface area contributed by atoms with Crippen LogP contribution in [0.2, 0.25) is 0 Å². The van der Waals surface area contributed by atoms with Gasteiger partial charge in [0.05, 0.1) is 17.7 Å². The van der Waals surface area contributed by atoms with Gasteiger partial charge in [-0.05, 0) is 62.8 Å². The molecule has 206 valence electrons. The third-order valence-electron chi connectivity index (χ3n) is 6.07. The first-order chi connectivity index (χ1) is 18.4. The number of benzene rings is 3. The second-order valence-electron chi connectivity index (χ2n) is 10.2. The van der Waals surface area contributed by atoms with E-state index in [2.05, 4.69) is 0 Å². The zero-order chi connectivity index (χ0) is 28.4. The summed E-state index contributed by atoms with van der Waals surface area (Å²) in [6.45, 7) is 7.24. The summed E-state index contributed by atoms with van der Waals surface area (Å²) in [7, 11) is -4.28. The highest BCUT2D eigenvalue weighted by molar-refractivity contribution is 7.91. The van der Waals surface area contributed by atoms with Gasteiger partial charge >= 0.3 is 16.2 Å². The smallest absolute Gasteiger partial charge is 0.330 e. The fraction of sp³-hybridized carbons (Fsp3) is 0.276. The fourth-order valence-corrected chi connectivity index (χ4v) is 5.07. The maximum Gasteiger partial charge on any atom is 0.330 e. The highest BCUT2D eigenvalue weighted by atomic mass is 32.2. The Kier molecular flexibility index (Phi) is 7.87. The summed E-state index contributed by atoms with van der Waals surface area (Å²) in [6.07, 6.45) is 4.65. The van der Waals surface area contributed by atoms with Gasteiger partial charge in [-0.3, -0.25) is 4.79 Å². The molecule has 0 spiro atoms. The number of nitrogens with zero attached hydrogens (tertiary/aromatic N) is 1. The Bertz CT molecular complexity index is 1550. The first-order valence-corrected chi connectivity index (χ1v) is 13.8. The van der Waals surface area contributed by atoms with Crippen molar-refractivity contribution in [2.45, 2.75) is 46.8 Å². The standard InChI is InChI=1S/C29H31FN2O6S/c1-19(2)38-28(34)29(3,4)14-8-11-20-12-13-22-16-24(37-18-21-9-6-5-7-10-21)27(26(30)23(22)15-20)32-17-25(33)31-39(32,35)36/h5-13,15-17,19,31,33H,14,18H2,1-4H3. The van der Waals surface area contributed by atoms with Crippen LogP contribution in [0.5, 0.6) is 5.75 Å². The van der Waals surface area contributed by atoms with Crippen LogP contribution in [0, 0.1) is 11.2 Å². The van der Waals surface area contributed by atoms with Crippen molar-refractivity contribution in [1.82, 2.24) is 4.72 Å². The van der Waals surface area contributed by atoms with E-state index in [1.807, 2.05) is 41.1 Å². The van der Waals surface area contributed by atoms with Gasteiger partial charge in [-0.1, -0.05) is 54.6 Å². The van der Waals surface area contributed by atoms with E-state index in [0.717, 1.165) is 11.8 Å². The lowest BCUT2D eigenvalue weighted by atomic mass is 9.89. The first-order valence-electron chi connectivity index (χ1n) is 12.4. The van der Waals surface area contributed by atoms with Crippen molar-refractivity contribution in [3.63, 3.8) is 0 Å². The van der Waals surface area contributed by atoms with Gasteiger partial charge in [0, 0.05) is 5.39 Å². The first kappa shape index (κ1) is 28.0. The van der Waals surface area contributed by atoms with Gasteiger partial charge in [-0.15, -0.1) is 0 Å². The number of hydrogen-bond acceptors (Lipinski definition) is 6. The van der Waals surface area contributed by atoms with Crippen LogP contribution in [0.15, 0.2) is 72.8 Å². The van der Waals surface area contributed by atoms with Crippen molar-refractivity contribution >= 4 is 38.7 Å². The van der Waals surface area contributed by atoms with E-state index in [4.69, 9.17) is 9.47 Å². The van der Waals surface area contributed by atoms with Crippen LogP contribution in [0.1, 0.15) is 45.2 Å². The number of halogens is 1. The molecule has 1 aliphatic rings. The molecule has 3 aromatic carbocycles. The number of aliphatic hydroxyl groups excluding tert-OH is 1. The molecule has 2 N–H and O–H groups in total. The molecule has 3 aromatic rings. The van der Waals surface area contributed by atoms with Gasteiger partial charge in [0.25, 0.3) is 0 Å². The van der Waals surface area contributed by atoms with Crippen molar-refractivity contribution in [3.8, 4) is 5.75 Å². The van der Waals surface area contributed by atoms with Gasteiger partial charge in [0.15, 0.2) is 5.82 Å². The predicted molar refractivity (Wildman–Crippen MR) is 149 cm³/mol. The summed E-state index contributed by atoms with van der Waals surface area (Å²) >= 11 is 0. The average molecular weight is 555 g/mol. The molecule has 0 saturated heterocycles. The normalized spacial score (nSPS) is 15.0. The number of esters is 1. The van der Waals surface area contributed by atoms with Gasteiger partial charge in [-0.2, -0.15) is 8.42 Å². The fourth-order valence-electron chi connectivity index (χ4n) is 4.01. The van der Waals surface area contributed by atoms with Gasteiger partial charge in [0.2, 0.25) is 5.88 Å². The number of anilines is 1. The van der Waals surface area contributed by atoms with E-state index >= 15 is 4.39 Å². The summed E-state index contributed by atoms with van der Waals surface area (Å²) in [4.78, 5) is 12.4. The largest absolute Gasteiger partial charge is 0.493 e. The highest BCUT2D eigenvalue weighted by Gasteiger charge is 2.34. The second-order valence-corrected chi connectivity index (χ2v) is 11.7. The molecule has 8 nitrogen and oxygen atoms in total. The Morgan fingerprint density at radius 3 is 2.51 bits per heavy atom. The molecule has 4 rings (SSSR count). The van der Waals surface area contributed by atoms with E-state index < -0.39 is 27.3 Å². The monoisotopic (exact) mass is 554 g/mol. The van der Waals surface area contributed by atoms with Crippen LogP contribution in [0.4, 0.5) is 10.1 Å². The maximum absolute atomic E-state index is 16.1. The minimum Gasteiger partial charge on any atom is -0.493 e. The molecule has 0 aromatic heterocycles. The number of aliphatic hydroxyl groups is 1. The Morgan fingerprint density at radius 2 is 1.87 bits per heavy atom. The molecule has 0 radical (unpaired) electrons. The molecule has 0 unspecified atom stereocenters. The van der Waals surface area contributed by atoms with E-state index in [0.29, 0.717) is 21.7 Å². The zero-order valence-electron chi connectivity index (χ0n) is 22.1. The Hall–Kier alpha value is -4.05. The molecule has 10 heteroatoms. The number of ether oxygens (including phenoxy) is 2. The summed E-state index contributed by atoms with van der Waals surface area (Å²) in [5.74, 6) is -1.79. The number of allylic oxidation sites excluding steroid dienone is 1. The van der Waals surface area contributed by atoms with Crippen LogP contribution in [-0.4, -0.2) is 25.6 Å². The van der Waals surface area contributed by atoms with Crippen LogP contribution in [0.3, 0.4) is 0 Å². The summed E-state index contributed by atoms with van der Waals surface area (Å²) in [6, 6.07) is 15.8. The SMILES string of the molecule is CC(C)OC(=O)C(C)(C)CC=Cc1ccc2cc(OCc3ccccc3)c(N3C=C(O)NS3(=O)=O)c(F)c2c1. The number of rotatable bonds is 9. The number of fused-ring (bicyclic) bond motifs is 1. The van der Waals surface area contributed by atoms with Crippen molar-refractivity contribution in [3.05, 3.63) is 89.7 Å². The molecule has 39 heavy (non-hydrogen) atoms. The van der Waals surface area contributed by atoms with E-state index in [-0.39, 0.29) is 35.5 Å².